The lowest BCUT2D eigenvalue weighted by molar-refractivity contribution is 0.171. The first kappa shape index (κ1) is 12.1. The van der Waals surface area contributed by atoms with E-state index in [2.05, 4.69) is 4.98 Å². The van der Waals surface area contributed by atoms with Crippen LogP contribution in [0.5, 0.6) is 0 Å². The summed E-state index contributed by atoms with van der Waals surface area (Å²) in [7, 11) is -3.40. The molecule has 0 aromatic carbocycles. The highest BCUT2D eigenvalue weighted by atomic mass is 32.2. The van der Waals surface area contributed by atoms with Crippen LogP contribution in [0.25, 0.3) is 0 Å². The molecule has 1 heterocycles. The molecule has 1 rings (SSSR count). The Morgan fingerprint density at radius 3 is 2.60 bits per heavy atom. The number of hydrogen-bond donors (Lipinski definition) is 1. The van der Waals surface area contributed by atoms with Gasteiger partial charge in [0.25, 0.3) is 0 Å². The van der Waals surface area contributed by atoms with Gasteiger partial charge in [-0.15, -0.1) is 0 Å². The highest BCUT2D eigenvalue weighted by Gasteiger charge is 2.27. The Morgan fingerprint density at radius 1 is 1.53 bits per heavy atom. The van der Waals surface area contributed by atoms with Crippen LogP contribution in [0.3, 0.4) is 0 Å². The van der Waals surface area contributed by atoms with Gasteiger partial charge >= 0.3 is 0 Å². The molecule has 1 aromatic heterocycles. The smallest absolute Gasteiger partial charge is 0.152 e. The van der Waals surface area contributed by atoms with E-state index in [4.69, 9.17) is 0 Å². The molecule has 0 aliphatic carbocycles. The highest BCUT2D eigenvalue weighted by molar-refractivity contribution is 7.91. The van der Waals surface area contributed by atoms with E-state index in [9.17, 15) is 17.9 Å². The molecule has 0 radical (unpaired) electrons. The van der Waals surface area contributed by atoms with Crippen LogP contribution in [0.1, 0.15) is 18.6 Å². The molecule has 0 amide bonds. The lowest BCUT2D eigenvalue weighted by Gasteiger charge is -2.17. The van der Waals surface area contributed by atoms with Crippen LogP contribution >= 0.6 is 0 Å². The van der Waals surface area contributed by atoms with Crippen molar-refractivity contribution >= 4 is 9.84 Å². The van der Waals surface area contributed by atoms with Crippen LogP contribution in [0.2, 0.25) is 0 Å². The molecule has 0 bridgehead atoms. The first-order chi connectivity index (χ1) is 6.84. The molecule has 4 nitrogen and oxygen atoms in total. The Kier molecular flexibility index (Phi) is 3.41. The maximum atomic E-state index is 13.2. The second kappa shape index (κ2) is 4.24. The number of nitrogens with zero attached hydrogens (tertiary/aromatic N) is 1. The van der Waals surface area contributed by atoms with Crippen LogP contribution in [0.4, 0.5) is 4.39 Å². The fraction of sp³-hybridized carbons (Fsp3) is 0.444. The molecule has 2 unspecified atom stereocenters. The van der Waals surface area contributed by atoms with E-state index in [1.807, 2.05) is 0 Å². The second-order valence-corrected chi connectivity index (χ2v) is 5.78. The molecule has 0 fully saturated rings. The van der Waals surface area contributed by atoms with Crippen LogP contribution in [0, 0.1) is 5.82 Å². The summed E-state index contributed by atoms with van der Waals surface area (Å²) in [4.78, 5) is 3.51. The van der Waals surface area contributed by atoms with Gasteiger partial charge in [0.05, 0.1) is 17.6 Å². The molecule has 6 heteroatoms. The van der Waals surface area contributed by atoms with E-state index >= 15 is 0 Å². The van der Waals surface area contributed by atoms with E-state index in [0.717, 1.165) is 12.5 Å². The summed E-state index contributed by atoms with van der Waals surface area (Å²) in [5.74, 6) is -0.708. The maximum absolute atomic E-state index is 13.2. The van der Waals surface area contributed by atoms with Gasteiger partial charge in [-0.3, -0.25) is 4.98 Å². The quantitative estimate of drug-likeness (QED) is 0.834. The number of halogens is 1. The first-order valence-corrected chi connectivity index (χ1v) is 6.26. The van der Waals surface area contributed by atoms with Gasteiger partial charge in [-0.1, -0.05) is 0 Å². The summed E-state index contributed by atoms with van der Waals surface area (Å²) in [6, 6.07) is 1.27. The Balaban J connectivity index is 3.06. The predicted molar refractivity (Wildman–Crippen MR) is 53.5 cm³/mol. The van der Waals surface area contributed by atoms with Crippen molar-refractivity contribution in [3.63, 3.8) is 0 Å². The summed E-state index contributed by atoms with van der Waals surface area (Å²) in [6.07, 6.45) is 1.87. The number of pyridine rings is 1. The Hall–Kier alpha value is -1.01. The van der Waals surface area contributed by atoms with Gasteiger partial charge in [0, 0.05) is 18.0 Å². The topological polar surface area (TPSA) is 67.3 Å². The molecule has 0 aliphatic rings. The molecule has 0 aliphatic heterocycles. The van der Waals surface area contributed by atoms with Crippen molar-refractivity contribution in [3.8, 4) is 0 Å². The predicted octanol–water partition coefficient (Wildman–Crippen LogP) is 0.687. The third-order valence-electron chi connectivity index (χ3n) is 2.24. The number of aliphatic hydroxyl groups excluding tert-OH is 1. The van der Waals surface area contributed by atoms with E-state index in [1.54, 1.807) is 0 Å². The van der Waals surface area contributed by atoms with Gasteiger partial charge in [-0.25, -0.2) is 12.8 Å². The minimum absolute atomic E-state index is 0.0528. The molecule has 84 valence electrons. The molecule has 1 N–H and O–H groups in total. The van der Waals surface area contributed by atoms with E-state index in [-0.39, 0.29) is 5.56 Å². The van der Waals surface area contributed by atoms with E-state index < -0.39 is 27.0 Å². The second-order valence-electron chi connectivity index (χ2n) is 3.38. The van der Waals surface area contributed by atoms with E-state index in [1.165, 1.54) is 19.2 Å². The summed E-state index contributed by atoms with van der Waals surface area (Å²) in [6.45, 7) is 1.33. The SMILES string of the molecule is CC(C(O)c1ccncc1F)S(C)(=O)=O. The van der Waals surface area contributed by atoms with Crippen molar-refractivity contribution in [1.29, 1.82) is 0 Å². The summed E-state index contributed by atoms with van der Waals surface area (Å²) in [5.41, 5.74) is -0.0528. The fourth-order valence-electron chi connectivity index (χ4n) is 1.11. The average Bonchev–Trinajstić information content (AvgIpc) is 2.15. The molecule has 2 atom stereocenters. The van der Waals surface area contributed by atoms with Crippen LogP contribution in [-0.4, -0.2) is 30.0 Å². The van der Waals surface area contributed by atoms with Crippen molar-refractivity contribution in [2.45, 2.75) is 18.3 Å². The molecule has 0 spiro atoms. The number of rotatable bonds is 3. The monoisotopic (exact) mass is 233 g/mol. The molecular formula is C9H12FNO3S. The third kappa shape index (κ3) is 2.73. The van der Waals surface area contributed by atoms with Crippen molar-refractivity contribution in [2.75, 3.05) is 6.26 Å². The minimum atomic E-state index is -3.40. The number of aromatic nitrogens is 1. The lowest BCUT2D eigenvalue weighted by atomic mass is 10.1. The fourth-order valence-corrected chi connectivity index (χ4v) is 1.73. The van der Waals surface area contributed by atoms with Gasteiger partial charge in [0.1, 0.15) is 5.82 Å². The Morgan fingerprint density at radius 2 is 2.13 bits per heavy atom. The standard InChI is InChI=1S/C9H12FNO3S/c1-6(15(2,13)14)9(12)7-3-4-11-5-8(7)10/h3-6,9,12H,1-2H3. The van der Waals surface area contributed by atoms with E-state index in [0.29, 0.717) is 0 Å². The summed E-state index contributed by atoms with van der Waals surface area (Å²) in [5, 5.41) is 8.61. The average molecular weight is 233 g/mol. The van der Waals surface area contributed by atoms with Crippen molar-refractivity contribution in [2.24, 2.45) is 0 Å². The lowest BCUT2D eigenvalue weighted by Crippen LogP contribution is -2.25. The zero-order valence-corrected chi connectivity index (χ0v) is 9.20. The molecule has 0 saturated heterocycles. The third-order valence-corrected chi connectivity index (χ3v) is 3.85. The summed E-state index contributed by atoms with van der Waals surface area (Å²) >= 11 is 0. The number of aliphatic hydroxyl groups is 1. The van der Waals surface area contributed by atoms with Gasteiger partial charge in [0.2, 0.25) is 0 Å². The van der Waals surface area contributed by atoms with Crippen LogP contribution < -0.4 is 0 Å². The van der Waals surface area contributed by atoms with Gasteiger partial charge in [0.15, 0.2) is 9.84 Å². The largest absolute Gasteiger partial charge is 0.387 e. The van der Waals surface area contributed by atoms with Crippen LogP contribution in [0.15, 0.2) is 18.5 Å². The normalized spacial score (nSPS) is 16.0. The molecule has 0 saturated carbocycles. The molecular weight excluding hydrogens is 221 g/mol. The zero-order chi connectivity index (χ0) is 11.6. The molecule has 15 heavy (non-hydrogen) atoms. The number of sulfone groups is 1. The van der Waals surface area contributed by atoms with Gasteiger partial charge in [-0.05, 0) is 13.0 Å². The first-order valence-electron chi connectivity index (χ1n) is 4.30. The zero-order valence-electron chi connectivity index (χ0n) is 8.38. The highest BCUT2D eigenvalue weighted by Crippen LogP contribution is 2.22. The summed E-state index contributed by atoms with van der Waals surface area (Å²) < 4.78 is 35.5. The Bertz CT molecular complexity index is 446. The number of hydrogen-bond acceptors (Lipinski definition) is 4. The molecule has 1 aromatic rings. The minimum Gasteiger partial charge on any atom is -0.387 e. The maximum Gasteiger partial charge on any atom is 0.152 e. The van der Waals surface area contributed by atoms with Crippen LogP contribution in [-0.2, 0) is 9.84 Å². The van der Waals surface area contributed by atoms with Crippen molar-refractivity contribution in [3.05, 3.63) is 29.8 Å². The van der Waals surface area contributed by atoms with Gasteiger partial charge < -0.3 is 5.11 Å². The van der Waals surface area contributed by atoms with Gasteiger partial charge in [-0.2, -0.15) is 0 Å². The van der Waals surface area contributed by atoms with Crippen molar-refractivity contribution in [1.82, 2.24) is 4.98 Å². The Labute approximate surface area is 87.7 Å². The van der Waals surface area contributed by atoms with Crippen molar-refractivity contribution < 1.29 is 17.9 Å².